The minimum Gasteiger partial charge on any atom is -0.278 e. The molecule has 116 valence electrons. The molecule has 0 bridgehead atoms. The first-order valence-corrected chi connectivity index (χ1v) is 6.96. The molecular weight excluding hydrogens is 336 g/mol. The van der Waals surface area contributed by atoms with E-state index >= 15 is 0 Å². The summed E-state index contributed by atoms with van der Waals surface area (Å²) in [7, 11) is 0. The molecule has 0 aliphatic heterocycles. The van der Waals surface area contributed by atoms with E-state index in [2.05, 4.69) is 10.5 Å². The molecule has 0 heterocycles. The van der Waals surface area contributed by atoms with Crippen molar-refractivity contribution in [3.05, 3.63) is 63.6 Å². The first-order valence-electron chi connectivity index (χ1n) is 6.21. The maximum atomic E-state index is 12.9. The smallest absolute Gasteiger partial charge is 0.278 e. The summed E-state index contributed by atoms with van der Waals surface area (Å²) < 4.78 is 38.7. The van der Waals surface area contributed by atoms with Crippen molar-refractivity contribution in [2.75, 3.05) is 5.43 Å². The van der Waals surface area contributed by atoms with Gasteiger partial charge >= 0.3 is 6.18 Å². The molecule has 7 heteroatoms. The Bertz CT molecular complexity index is 712. The molecule has 0 fully saturated rings. The third-order valence-corrected chi connectivity index (χ3v) is 3.46. The highest BCUT2D eigenvalue weighted by atomic mass is 35.5. The van der Waals surface area contributed by atoms with Crippen LogP contribution in [0.1, 0.15) is 18.1 Å². The lowest BCUT2D eigenvalue weighted by Crippen LogP contribution is -2.09. The largest absolute Gasteiger partial charge is 0.418 e. The SMILES string of the molecule is CC(=NNc1ccccc1C(F)(F)F)c1cc(Cl)ccc1Cl. The van der Waals surface area contributed by atoms with Gasteiger partial charge in [0.25, 0.3) is 0 Å². The summed E-state index contributed by atoms with van der Waals surface area (Å²) in [6.45, 7) is 1.63. The van der Waals surface area contributed by atoms with Gasteiger partial charge in [0, 0.05) is 15.6 Å². The van der Waals surface area contributed by atoms with Gasteiger partial charge in [-0.25, -0.2) is 0 Å². The molecular formula is C15H11Cl2F3N2. The van der Waals surface area contributed by atoms with Gasteiger partial charge in [0.15, 0.2) is 0 Å². The Balaban J connectivity index is 2.31. The molecule has 0 radical (unpaired) electrons. The second-order valence-electron chi connectivity index (χ2n) is 4.48. The lowest BCUT2D eigenvalue weighted by Gasteiger charge is -2.12. The third kappa shape index (κ3) is 3.93. The fourth-order valence-electron chi connectivity index (χ4n) is 1.81. The van der Waals surface area contributed by atoms with E-state index < -0.39 is 11.7 Å². The van der Waals surface area contributed by atoms with Crippen LogP contribution in [0.25, 0.3) is 0 Å². The highest BCUT2D eigenvalue weighted by Gasteiger charge is 2.33. The number of benzene rings is 2. The zero-order chi connectivity index (χ0) is 16.3. The summed E-state index contributed by atoms with van der Waals surface area (Å²) in [6.07, 6.45) is -4.46. The number of hydrogen-bond acceptors (Lipinski definition) is 2. The second kappa shape index (κ2) is 6.58. The lowest BCUT2D eigenvalue weighted by atomic mass is 10.1. The van der Waals surface area contributed by atoms with Gasteiger partial charge in [-0.05, 0) is 37.3 Å². The summed E-state index contributed by atoms with van der Waals surface area (Å²) >= 11 is 11.9. The summed E-state index contributed by atoms with van der Waals surface area (Å²) in [4.78, 5) is 0. The van der Waals surface area contributed by atoms with Crippen LogP contribution in [0.4, 0.5) is 18.9 Å². The average Bonchev–Trinajstić information content (AvgIpc) is 2.46. The number of para-hydroxylation sites is 1. The number of nitrogens with zero attached hydrogens (tertiary/aromatic N) is 1. The van der Waals surface area contributed by atoms with Crippen molar-refractivity contribution in [3.63, 3.8) is 0 Å². The fourth-order valence-corrected chi connectivity index (χ4v) is 2.23. The van der Waals surface area contributed by atoms with Gasteiger partial charge in [0.2, 0.25) is 0 Å². The van der Waals surface area contributed by atoms with E-state index in [1.165, 1.54) is 18.2 Å². The number of hydrogen-bond donors (Lipinski definition) is 1. The molecule has 2 aromatic rings. The number of halogens is 5. The monoisotopic (exact) mass is 346 g/mol. The Kier molecular flexibility index (Phi) is 4.98. The molecule has 2 rings (SSSR count). The average molecular weight is 347 g/mol. The molecule has 1 N–H and O–H groups in total. The van der Waals surface area contributed by atoms with Gasteiger partial charge in [-0.2, -0.15) is 18.3 Å². The van der Waals surface area contributed by atoms with Gasteiger partial charge < -0.3 is 0 Å². The Morgan fingerprint density at radius 2 is 1.77 bits per heavy atom. The van der Waals surface area contributed by atoms with Crippen molar-refractivity contribution < 1.29 is 13.2 Å². The van der Waals surface area contributed by atoms with Gasteiger partial charge in [-0.3, -0.25) is 5.43 Å². The number of anilines is 1. The van der Waals surface area contributed by atoms with E-state index in [-0.39, 0.29) is 5.69 Å². The van der Waals surface area contributed by atoms with Crippen molar-refractivity contribution >= 4 is 34.6 Å². The van der Waals surface area contributed by atoms with E-state index in [4.69, 9.17) is 23.2 Å². The van der Waals surface area contributed by atoms with E-state index in [9.17, 15) is 13.2 Å². The Labute approximate surface area is 135 Å². The molecule has 0 aliphatic rings. The highest BCUT2D eigenvalue weighted by molar-refractivity contribution is 6.36. The number of alkyl halides is 3. The second-order valence-corrected chi connectivity index (χ2v) is 5.32. The summed E-state index contributed by atoms with van der Waals surface area (Å²) in [5, 5.41) is 4.84. The van der Waals surface area contributed by atoms with Crippen molar-refractivity contribution in [2.24, 2.45) is 5.10 Å². The van der Waals surface area contributed by atoms with Crippen LogP contribution in [0.3, 0.4) is 0 Å². The number of rotatable bonds is 3. The quantitative estimate of drug-likeness (QED) is 0.547. The molecule has 22 heavy (non-hydrogen) atoms. The molecule has 0 aliphatic carbocycles. The van der Waals surface area contributed by atoms with Crippen LogP contribution < -0.4 is 5.43 Å². The maximum Gasteiger partial charge on any atom is 0.418 e. The van der Waals surface area contributed by atoms with Gasteiger partial charge in [-0.15, -0.1) is 0 Å². The molecule has 0 spiro atoms. The fraction of sp³-hybridized carbons (Fsp3) is 0.133. The summed E-state index contributed by atoms with van der Waals surface area (Å²) in [5.74, 6) is 0. The molecule has 0 amide bonds. The Hall–Kier alpha value is -1.72. The molecule has 0 atom stereocenters. The molecule has 0 saturated carbocycles. The minimum atomic E-state index is -4.46. The van der Waals surface area contributed by atoms with Crippen LogP contribution in [0.5, 0.6) is 0 Å². The number of hydrazone groups is 1. The molecule has 0 aromatic heterocycles. The topological polar surface area (TPSA) is 24.4 Å². The normalized spacial score (nSPS) is 12.4. The molecule has 0 saturated heterocycles. The van der Waals surface area contributed by atoms with Crippen molar-refractivity contribution in [1.29, 1.82) is 0 Å². The first kappa shape index (κ1) is 16.6. The Morgan fingerprint density at radius 1 is 1.09 bits per heavy atom. The Morgan fingerprint density at radius 3 is 2.45 bits per heavy atom. The standard InChI is InChI=1S/C15H11Cl2F3N2/c1-9(11-8-10(16)6-7-13(11)17)21-22-14-5-3-2-4-12(14)15(18,19)20/h2-8,22H,1H3. The van der Waals surface area contributed by atoms with Crippen LogP contribution in [-0.2, 0) is 6.18 Å². The zero-order valence-electron chi connectivity index (χ0n) is 11.4. The van der Waals surface area contributed by atoms with Crippen LogP contribution in [0.15, 0.2) is 47.6 Å². The maximum absolute atomic E-state index is 12.9. The zero-order valence-corrected chi connectivity index (χ0v) is 12.9. The third-order valence-electron chi connectivity index (χ3n) is 2.89. The van der Waals surface area contributed by atoms with Crippen molar-refractivity contribution in [1.82, 2.24) is 0 Å². The van der Waals surface area contributed by atoms with Gasteiger partial charge in [0.05, 0.1) is 17.0 Å². The number of nitrogens with one attached hydrogen (secondary N) is 1. The van der Waals surface area contributed by atoms with Gasteiger partial charge in [0.1, 0.15) is 0 Å². The van der Waals surface area contributed by atoms with Crippen molar-refractivity contribution in [2.45, 2.75) is 13.1 Å². The molecule has 2 aromatic carbocycles. The van der Waals surface area contributed by atoms with Crippen LogP contribution in [-0.4, -0.2) is 5.71 Å². The van der Waals surface area contributed by atoms with Crippen LogP contribution in [0.2, 0.25) is 10.0 Å². The van der Waals surface area contributed by atoms with E-state index in [1.807, 2.05) is 0 Å². The highest BCUT2D eigenvalue weighted by Crippen LogP contribution is 2.34. The first-order chi connectivity index (χ1) is 10.3. The van der Waals surface area contributed by atoms with Crippen LogP contribution >= 0.6 is 23.2 Å². The predicted molar refractivity (Wildman–Crippen MR) is 83.7 cm³/mol. The van der Waals surface area contributed by atoms with Crippen LogP contribution in [0, 0.1) is 0 Å². The summed E-state index contributed by atoms with van der Waals surface area (Å²) in [5.41, 5.74) is 2.48. The lowest BCUT2D eigenvalue weighted by molar-refractivity contribution is -0.136. The summed E-state index contributed by atoms with van der Waals surface area (Å²) in [6, 6.07) is 9.92. The van der Waals surface area contributed by atoms with Crippen molar-refractivity contribution in [3.8, 4) is 0 Å². The van der Waals surface area contributed by atoms with E-state index in [0.717, 1.165) is 6.07 Å². The van der Waals surface area contributed by atoms with Gasteiger partial charge in [-0.1, -0.05) is 35.3 Å². The minimum absolute atomic E-state index is 0.132. The van der Waals surface area contributed by atoms with E-state index in [0.29, 0.717) is 21.3 Å². The van der Waals surface area contributed by atoms with E-state index in [1.54, 1.807) is 25.1 Å². The molecule has 2 nitrogen and oxygen atoms in total. The predicted octanol–water partition coefficient (Wildman–Crippen LogP) is 5.85. The molecule has 0 unspecified atom stereocenters.